The van der Waals surface area contributed by atoms with Gasteiger partial charge in [-0.1, -0.05) is 44.7 Å². The molecule has 1 heterocycles. The minimum absolute atomic E-state index is 0.0396. The Hall–Kier alpha value is -1.46. The molecule has 1 amide bonds. The minimum atomic E-state index is -0.668. The average Bonchev–Trinajstić information content (AvgIpc) is 2.63. The van der Waals surface area contributed by atoms with Gasteiger partial charge >= 0.3 is 0 Å². The van der Waals surface area contributed by atoms with Crippen molar-refractivity contribution in [3.63, 3.8) is 0 Å². The molecule has 1 fully saturated rings. The first-order valence-corrected chi connectivity index (χ1v) is 10.0. The molecule has 1 saturated carbocycles. The van der Waals surface area contributed by atoms with Crippen LogP contribution in [-0.2, 0) is 11.2 Å². The summed E-state index contributed by atoms with van der Waals surface area (Å²) in [5.74, 6) is -0.119. The highest BCUT2D eigenvalue weighted by Gasteiger charge is 2.32. The maximum Gasteiger partial charge on any atom is 0.237 e. The molecule has 1 aromatic carbocycles. The normalized spacial score (nSPS) is 22.1. The maximum atomic E-state index is 14.1. The number of rotatable bonds is 6. The first-order valence-electron chi connectivity index (χ1n) is 10.0. The number of carbonyl (C=O) groups excluding carboxylic acids is 1. The lowest BCUT2D eigenvalue weighted by Crippen LogP contribution is -2.48. The Morgan fingerprint density at radius 1 is 1.35 bits per heavy atom. The van der Waals surface area contributed by atoms with Crippen molar-refractivity contribution in [1.82, 2.24) is 10.2 Å². The fourth-order valence-electron chi connectivity index (χ4n) is 4.48. The molecular formula is C21H31FN2O2. The number of hydrogen-bond acceptors (Lipinski definition) is 3. The smallest absolute Gasteiger partial charge is 0.237 e. The van der Waals surface area contributed by atoms with Crippen molar-refractivity contribution in [2.24, 2.45) is 0 Å². The molecule has 0 aromatic heterocycles. The number of aliphatic hydroxyl groups is 1. The lowest BCUT2D eigenvalue weighted by Gasteiger charge is -2.38. The van der Waals surface area contributed by atoms with Gasteiger partial charge in [-0.2, -0.15) is 0 Å². The first kappa shape index (κ1) is 19.3. The van der Waals surface area contributed by atoms with E-state index < -0.39 is 5.60 Å². The van der Waals surface area contributed by atoms with Crippen LogP contribution in [0.2, 0.25) is 0 Å². The summed E-state index contributed by atoms with van der Waals surface area (Å²) < 4.78 is 14.1. The quantitative estimate of drug-likeness (QED) is 0.816. The van der Waals surface area contributed by atoms with Crippen LogP contribution in [0, 0.1) is 5.82 Å². The molecule has 5 heteroatoms. The van der Waals surface area contributed by atoms with Gasteiger partial charge in [-0.3, -0.25) is 4.79 Å². The molecule has 1 aromatic rings. The monoisotopic (exact) mass is 362 g/mol. The molecule has 144 valence electrons. The van der Waals surface area contributed by atoms with Gasteiger partial charge in [-0.25, -0.2) is 4.39 Å². The fraction of sp³-hybridized carbons (Fsp3) is 0.667. The highest BCUT2D eigenvalue weighted by Crippen LogP contribution is 2.34. The molecule has 1 unspecified atom stereocenters. The van der Waals surface area contributed by atoms with E-state index in [1.165, 1.54) is 12.5 Å². The van der Waals surface area contributed by atoms with E-state index in [2.05, 4.69) is 12.2 Å². The third kappa shape index (κ3) is 4.26. The third-order valence-corrected chi connectivity index (χ3v) is 5.89. The summed E-state index contributed by atoms with van der Waals surface area (Å²) in [6, 6.07) is 5.15. The van der Waals surface area contributed by atoms with E-state index in [0.717, 1.165) is 49.7 Å². The summed E-state index contributed by atoms with van der Waals surface area (Å²) in [6.45, 7) is 3.35. The van der Waals surface area contributed by atoms with Crippen LogP contribution in [0.5, 0.6) is 0 Å². The highest BCUT2D eigenvalue weighted by atomic mass is 19.1. The molecular weight excluding hydrogens is 331 g/mol. The van der Waals surface area contributed by atoms with Gasteiger partial charge in [-0.15, -0.1) is 0 Å². The summed E-state index contributed by atoms with van der Waals surface area (Å²) in [5, 5.41) is 13.7. The van der Waals surface area contributed by atoms with Crippen molar-refractivity contribution in [2.45, 2.75) is 69.9 Å². The minimum Gasteiger partial charge on any atom is -0.389 e. The van der Waals surface area contributed by atoms with E-state index >= 15 is 0 Å². The Balaban J connectivity index is 1.63. The van der Waals surface area contributed by atoms with Gasteiger partial charge in [0.25, 0.3) is 0 Å². The fourth-order valence-corrected chi connectivity index (χ4v) is 4.48. The number of fused-ring (bicyclic) bond motifs is 1. The summed E-state index contributed by atoms with van der Waals surface area (Å²) in [6.07, 6.45) is 7.26. The molecule has 1 aliphatic carbocycles. The van der Waals surface area contributed by atoms with Crippen molar-refractivity contribution in [1.29, 1.82) is 0 Å². The lowest BCUT2D eigenvalue weighted by atomic mass is 9.85. The van der Waals surface area contributed by atoms with Crippen LogP contribution in [-0.4, -0.2) is 41.1 Å². The Labute approximate surface area is 155 Å². The third-order valence-electron chi connectivity index (χ3n) is 5.89. The van der Waals surface area contributed by atoms with Gasteiger partial charge in [0.2, 0.25) is 5.91 Å². The van der Waals surface area contributed by atoms with Gasteiger partial charge in [0.1, 0.15) is 5.82 Å². The zero-order chi connectivity index (χ0) is 18.6. The van der Waals surface area contributed by atoms with Crippen LogP contribution < -0.4 is 5.32 Å². The number of carbonyl (C=O) groups is 1. The van der Waals surface area contributed by atoms with E-state index in [1.807, 2.05) is 11.0 Å². The Morgan fingerprint density at radius 3 is 2.85 bits per heavy atom. The molecule has 26 heavy (non-hydrogen) atoms. The lowest BCUT2D eigenvalue weighted by molar-refractivity contribution is -0.133. The zero-order valence-corrected chi connectivity index (χ0v) is 15.8. The van der Waals surface area contributed by atoms with Gasteiger partial charge in [0, 0.05) is 13.1 Å². The second-order valence-electron chi connectivity index (χ2n) is 7.84. The van der Waals surface area contributed by atoms with Crippen LogP contribution in [0.1, 0.15) is 69.0 Å². The van der Waals surface area contributed by atoms with Gasteiger partial charge < -0.3 is 15.3 Å². The molecule has 0 bridgehead atoms. The average molecular weight is 362 g/mol. The van der Waals surface area contributed by atoms with Crippen molar-refractivity contribution in [2.75, 3.05) is 19.6 Å². The maximum absolute atomic E-state index is 14.1. The van der Waals surface area contributed by atoms with Crippen molar-refractivity contribution >= 4 is 5.91 Å². The van der Waals surface area contributed by atoms with Crippen molar-refractivity contribution in [3.05, 3.63) is 35.1 Å². The Morgan fingerprint density at radius 2 is 2.12 bits per heavy atom. The standard InChI is InChI=1S/C21H31FN2O2/c1-2-7-19-17-8-6-9-18(22)16(17)10-13-24(19)20(25)14-23-15-21(26)11-4-3-5-12-21/h6,8-9,19,23,26H,2-5,7,10-15H2,1H3. The molecule has 0 saturated heterocycles. The molecule has 2 N–H and O–H groups in total. The van der Waals surface area contributed by atoms with Crippen molar-refractivity contribution in [3.8, 4) is 0 Å². The van der Waals surface area contributed by atoms with E-state index in [1.54, 1.807) is 6.07 Å². The van der Waals surface area contributed by atoms with Crippen LogP contribution >= 0.6 is 0 Å². The topological polar surface area (TPSA) is 52.6 Å². The van der Waals surface area contributed by atoms with Crippen LogP contribution in [0.3, 0.4) is 0 Å². The van der Waals surface area contributed by atoms with Crippen LogP contribution in [0.15, 0.2) is 18.2 Å². The molecule has 0 radical (unpaired) electrons. The van der Waals surface area contributed by atoms with E-state index in [0.29, 0.717) is 19.5 Å². The van der Waals surface area contributed by atoms with Crippen LogP contribution in [0.4, 0.5) is 4.39 Å². The molecule has 1 aliphatic heterocycles. The van der Waals surface area contributed by atoms with E-state index in [-0.39, 0.29) is 24.3 Å². The van der Waals surface area contributed by atoms with E-state index in [9.17, 15) is 14.3 Å². The van der Waals surface area contributed by atoms with Gasteiger partial charge in [-0.05, 0) is 42.9 Å². The number of hydrogen-bond donors (Lipinski definition) is 2. The predicted molar refractivity (Wildman–Crippen MR) is 100 cm³/mol. The first-order chi connectivity index (χ1) is 12.5. The Bertz CT molecular complexity index is 628. The number of halogens is 1. The molecule has 3 rings (SSSR count). The summed E-state index contributed by atoms with van der Waals surface area (Å²) in [7, 11) is 0. The number of nitrogens with one attached hydrogen (secondary N) is 1. The summed E-state index contributed by atoms with van der Waals surface area (Å²) in [5.41, 5.74) is 1.05. The van der Waals surface area contributed by atoms with Gasteiger partial charge in [0.05, 0.1) is 18.2 Å². The molecule has 4 nitrogen and oxygen atoms in total. The zero-order valence-electron chi connectivity index (χ0n) is 15.8. The second kappa shape index (κ2) is 8.49. The van der Waals surface area contributed by atoms with Crippen molar-refractivity contribution < 1.29 is 14.3 Å². The molecule has 1 atom stereocenters. The van der Waals surface area contributed by atoms with E-state index in [4.69, 9.17) is 0 Å². The Kier molecular flexibility index (Phi) is 6.30. The largest absolute Gasteiger partial charge is 0.389 e. The second-order valence-corrected chi connectivity index (χ2v) is 7.84. The number of benzene rings is 1. The summed E-state index contributed by atoms with van der Waals surface area (Å²) >= 11 is 0. The molecule has 2 aliphatic rings. The SMILES string of the molecule is CCCC1c2cccc(F)c2CCN1C(=O)CNCC1(O)CCCCC1. The highest BCUT2D eigenvalue weighted by molar-refractivity contribution is 5.79. The number of amides is 1. The predicted octanol–water partition coefficient (Wildman–Crippen LogP) is 3.34. The van der Waals surface area contributed by atoms with Crippen LogP contribution in [0.25, 0.3) is 0 Å². The molecule has 0 spiro atoms. The summed E-state index contributed by atoms with van der Waals surface area (Å²) in [4.78, 5) is 14.7. The number of nitrogens with zero attached hydrogens (tertiary/aromatic N) is 1. The van der Waals surface area contributed by atoms with Gasteiger partial charge in [0.15, 0.2) is 0 Å².